The molecule has 0 aliphatic rings. The lowest BCUT2D eigenvalue weighted by molar-refractivity contribution is -0.126. The number of rotatable bonds is 8. The second-order valence-corrected chi connectivity index (χ2v) is 16.3. The van der Waals surface area contributed by atoms with E-state index in [1.807, 2.05) is 4.90 Å². The van der Waals surface area contributed by atoms with Crippen LogP contribution in [0.4, 0.5) is 0 Å². The van der Waals surface area contributed by atoms with Gasteiger partial charge in [-0.05, 0) is 26.7 Å². The van der Waals surface area contributed by atoms with Crippen molar-refractivity contribution in [2.24, 2.45) is 0 Å². The van der Waals surface area contributed by atoms with Crippen molar-refractivity contribution in [2.75, 3.05) is 32.6 Å². The second kappa shape index (κ2) is 7.44. The summed E-state index contributed by atoms with van der Waals surface area (Å²) in [5.74, 6) is 0.00373. The first-order valence-electron chi connectivity index (χ1n) is 6.91. The molecule has 0 fully saturated rings. The Morgan fingerprint density at radius 1 is 1.21 bits per heavy atom. The van der Waals surface area contributed by atoms with Gasteiger partial charge < -0.3 is 9.46 Å². The third-order valence-electron chi connectivity index (χ3n) is 2.92. The van der Waals surface area contributed by atoms with Crippen LogP contribution in [-0.2, 0) is 9.36 Å². The molecule has 0 aliphatic carbocycles. The molecule has 0 rings (SSSR count). The Morgan fingerprint density at radius 3 is 2.11 bits per heavy atom. The minimum Gasteiger partial charge on any atom is -0.339 e. The summed E-state index contributed by atoms with van der Waals surface area (Å²) in [6.45, 7) is 17.4. The molecule has 5 heteroatoms. The summed E-state index contributed by atoms with van der Waals surface area (Å²) in [5, 5.41) is 0. The molecule has 0 aromatic heterocycles. The van der Waals surface area contributed by atoms with Gasteiger partial charge in [0.2, 0.25) is 5.91 Å². The average Bonchev–Trinajstić information content (AvgIpc) is 2.18. The van der Waals surface area contributed by atoms with Crippen molar-refractivity contribution in [1.29, 1.82) is 0 Å². The van der Waals surface area contributed by atoms with Crippen molar-refractivity contribution in [3.05, 3.63) is 12.2 Å². The van der Waals surface area contributed by atoms with E-state index in [2.05, 4.69) is 26.2 Å². The quantitative estimate of drug-likeness (QED) is 0.389. The Labute approximate surface area is 119 Å². The molecule has 0 aromatic carbocycles. The predicted molar refractivity (Wildman–Crippen MR) is 88.5 cm³/mol. The van der Waals surface area contributed by atoms with E-state index in [0.717, 1.165) is 13.0 Å². The number of hydrogen-bond acceptors (Lipinski definition) is 2. The van der Waals surface area contributed by atoms with Gasteiger partial charge in [0, 0.05) is 32.9 Å². The highest BCUT2D eigenvalue weighted by atomic mass is 31.2. The van der Waals surface area contributed by atoms with Crippen LogP contribution in [0.15, 0.2) is 12.2 Å². The summed E-state index contributed by atoms with van der Waals surface area (Å²) >= 11 is 0. The molecule has 0 N–H and O–H groups in total. The topological polar surface area (TPSA) is 37.4 Å². The minimum atomic E-state index is -2.07. The van der Waals surface area contributed by atoms with E-state index in [1.54, 1.807) is 20.3 Å². The van der Waals surface area contributed by atoms with E-state index in [0.29, 0.717) is 18.3 Å². The minimum absolute atomic E-state index is 0.00373. The van der Waals surface area contributed by atoms with Crippen LogP contribution in [0.5, 0.6) is 0 Å². The summed E-state index contributed by atoms with van der Waals surface area (Å²) in [6, 6.07) is 1.21. The molecule has 1 amide bonds. The van der Waals surface area contributed by atoms with Crippen LogP contribution in [0.2, 0.25) is 25.7 Å². The third kappa shape index (κ3) is 10.1. The van der Waals surface area contributed by atoms with E-state index in [4.69, 9.17) is 0 Å². The summed E-state index contributed by atoms with van der Waals surface area (Å²) in [6.07, 6.45) is 1.63. The Bertz CT molecular complexity index is 368. The van der Waals surface area contributed by atoms with Gasteiger partial charge in [0.1, 0.15) is 0 Å². The van der Waals surface area contributed by atoms with Crippen LogP contribution in [-0.4, -0.2) is 51.5 Å². The van der Waals surface area contributed by atoms with Gasteiger partial charge in [-0.3, -0.25) is 4.79 Å². The Morgan fingerprint density at radius 2 is 1.74 bits per heavy atom. The number of amides is 1. The molecule has 0 saturated carbocycles. The zero-order chi connectivity index (χ0) is 15.3. The highest BCUT2D eigenvalue weighted by Crippen LogP contribution is 2.35. The van der Waals surface area contributed by atoms with Crippen LogP contribution < -0.4 is 0 Å². The molecule has 0 heterocycles. The second-order valence-electron chi connectivity index (χ2n) is 7.03. The van der Waals surface area contributed by atoms with E-state index in [1.165, 1.54) is 6.04 Å². The van der Waals surface area contributed by atoms with Crippen molar-refractivity contribution in [3.63, 3.8) is 0 Å². The van der Waals surface area contributed by atoms with Crippen LogP contribution in [0, 0.1) is 0 Å². The highest BCUT2D eigenvalue weighted by molar-refractivity contribution is 7.62. The standard InChI is InChI=1S/C14H30NO2PSi/c1-13(2)14(16)15(10-11-18(3,4)17)9-8-12-19(5,6)7/h1,8-12H2,2-7H3. The van der Waals surface area contributed by atoms with Gasteiger partial charge in [0.15, 0.2) is 0 Å². The third-order valence-corrected chi connectivity index (χ3v) is 6.05. The van der Waals surface area contributed by atoms with E-state index < -0.39 is 15.2 Å². The van der Waals surface area contributed by atoms with Gasteiger partial charge in [-0.15, -0.1) is 0 Å². The molecule has 3 nitrogen and oxygen atoms in total. The van der Waals surface area contributed by atoms with Crippen molar-refractivity contribution >= 4 is 21.1 Å². The summed E-state index contributed by atoms with van der Waals surface area (Å²) < 4.78 is 11.8. The van der Waals surface area contributed by atoms with Crippen molar-refractivity contribution in [1.82, 2.24) is 4.90 Å². The molecule has 0 aromatic rings. The number of carbonyl (C=O) groups excluding carboxylic acids is 1. The Balaban J connectivity index is 4.47. The normalized spacial score (nSPS) is 12.3. The molecular weight excluding hydrogens is 273 g/mol. The molecule has 0 bridgehead atoms. The molecule has 0 atom stereocenters. The first-order chi connectivity index (χ1) is 8.42. The van der Waals surface area contributed by atoms with E-state index in [-0.39, 0.29) is 5.91 Å². The smallest absolute Gasteiger partial charge is 0.248 e. The number of carbonyl (C=O) groups is 1. The van der Waals surface area contributed by atoms with Crippen LogP contribution in [0.25, 0.3) is 0 Å². The maximum atomic E-state index is 12.1. The predicted octanol–water partition coefficient (Wildman–Crippen LogP) is 3.74. The van der Waals surface area contributed by atoms with Crippen molar-refractivity contribution in [2.45, 2.75) is 39.0 Å². The van der Waals surface area contributed by atoms with Crippen LogP contribution in [0.3, 0.4) is 0 Å². The fourth-order valence-electron chi connectivity index (χ4n) is 1.75. The van der Waals surface area contributed by atoms with E-state index >= 15 is 0 Å². The summed E-state index contributed by atoms with van der Waals surface area (Å²) in [4.78, 5) is 13.9. The monoisotopic (exact) mass is 303 g/mol. The maximum Gasteiger partial charge on any atom is 0.248 e. The molecule has 112 valence electrons. The lowest BCUT2D eigenvalue weighted by Gasteiger charge is -2.25. The molecule has 0 aliphatic heterocycles. The van der Waals surface area contributed by atoms with E-state index in [9.17, 15) is 9.36 Å². The lowest BCUT2D eigenvalue weighted by Crippen LogP contribution is -2.35. The van der Waals surface area contributed by atoms with Crippen LogP contribution in [0.1, 0.15) is 13.3 Å². The lowest BCUT2D eigenvalue weighted by atomic mass is 10.3. The van der Waals surface area contributed by atoms with Gasteiger partial charge in [0.25, 0.3) is 0 Å². The Hall–Kier alpha value is -0.343. The molecule has 0 radical (unpaired) electrons. The zero-order valence-corrected chi connectivity index (χ0v) is 15.3. The first kappa shape index (κ1) is 18.7. The number of nitrogens with zero attached hydrogens (tertiary/aromatic N) is 1. The van der Waals surface area contributed by atoms with Gasteiger partial charge in [-0.1, -0.05) is 32.3 Å². The van der Waals surface area contributed by atoms with Gasteiger partial charge in [-0.25, -0.2) is 0 Å². The Kier molecular flexibility index (Phi) is 7.31. The van der Waals surface area contributed by atoms with Gasteiger partial charge in [-0.2, -0.15) is 0 Å². The first-order valence-corrected chi connectivity index (χ1v) is 13.4. The summed E-state index contributed by atoms with van der Waals surface area (Å²) in [7, 11) is -3.13. The van der Waals surface area contributed by atoms with Crippen molar-refractivity contribution < 1.29 is 9.36 Å². The SMILES string of the molecule is C=C(C)C(=O)N(CCC[Si](C)(C)C)CCP(C)(C)=O. The molecular formula is C14H30NO2PSi. The number of hydrogen-bond donors (Lipinski definition) is 0. The zero-order valence-electron chi connectivity index (χ0n) is 13.5. The molecule has 0 saturated heterocycles. The molecule has 0 unspecified atom stereocenters. The fraction of sp³-hybridized carbons (Fsp3) is 0.786. The van der Waals surface area contributed by atoms with Crippen molar-refractivity contribution in [3.8, 4) is 0 Å². The van der Waals surface area contributed by atoms with Crippen LogP contribution >= 0.6 is 7.14 Å². The fourth-order valence-corrected chi connectivity index (χ4v) is 3.69. The highest BCUT2D eigenvalue weighted by Gasteiger charge is 2.19. The molecule has 19 heavy (non-hydrogen) atoms. The largest absolute Gasteiger partial charge is 0.339 e. The molecule has 0 spiro atoms. The average molecular weight is 303 g/mol. The van der Waals surface area contributed by atoms with Gasteiger partial charge >= 0.3 is 0 Å². The van der Waals surface area contributed by atoms with Gasteiger partial charge in [0.05, 0.1) is 7.14 Å². The maximum absolute atomic E-state index is 12.1. The summed E-state index contributed by atoms with van der Waals surface area (Å²) in [5.41, 5.74) is 0.565.